The molecule has 0 rings (SSSR count). The first-order chi connectivity index (χ1) is 21.9. The SMILES string of the molecule is CN(CCS(=O)(=O)O)CC(N)COCCC[Si](C)(C)OC(C)(C)[Si](C)(C)OC(C)(C)[Si](C)(C)CCCOCC(N)CN(C)CCS(=O)(=O)O. The molecule has 296 valence electrons. The van der Waals surface area contributed by atoms with Crippen LogP contribution in [0.5, 0.6) is 0 Å². The van der Waals surface area contributed by atoms with E-state index in [2.05, 4.69) is 67.0 Å². The maximum Gasteiger partial charge on any atom is 0.266 e. The fourth-order valence-corrected chi connectivity index (χ4v) is 15.8. The molecule has 0 aromatic carbocycles. The van der Waals surface area contributed by atoms with Crippen LogP contribution in [0.4, 0.5) is 0 Å². The van der Waals surface area contributed by atoms with Crippen LogP contribution in [0.15, 0.2) is 0 Å². The fraction of sp³-hybridized carbons (Fsp3) is 1.00. The lowest BCUT2D eigenvalue weighted by Gasteiger charge is -2.51. The average Bonchev–Trinajstić information content (AvgIpc) is 2.88. The van der Waals surface area contributed by atoms with Gasteiger partial charge in [-0.2, -0.15) is 16.8 Å². The van der Waals surface area contributed by atoms with E-state index in [9.17, 15) is 16.8 Å². The molecule has 0 bridgehead atoms. The van der Waals surface area contributed by atoms with E-state index in [-0.39, 0.29) is 41.9 Å². The largest absolute Gasteiger partial charge is 0.412 e. The summed E-state index contributed by atoms with van der Waals surface area (Å²) < 4.78 is 87.4. The highest BCUT2D eigenvalue weighted by Crippen LogP contribution is 2.38. The van der Waals surface area contributed by atoms with Crippen LogP contribution in [0, 0.1) is 0 Å². The van der Waals surface area contributed by atoms with Gasteiger partial charge in [0.25, 0.3) is 20.2 Å². The molecule has 0 fully saturated rings. The van der Waals surface area contributed by atoms with Crippen LogP contribution in [-0.2, 0) is 38.6 Å². The summed E-state index contributed by atoms with van der Waals surface area (Å²) in [5, 5.41) is -0.692. The van der Waals surface area contributed by atoms with Crippen LogP contribution in [0.1, 0.15) is 40.5 Å². The van der Waals surface area contributed by atoms with Gasteiger partial charge in [0.05, 0.1) is 38.0 Å². The van der Waals surface area contributed by atoms with E-state index in [0.717, 1.165) is 24.9 Å². The molecular weight excluding hydrogens is 725 g/mol. The van der Waals surface area contributed by atoms with Crippen molar-refractivity contribution in [2.75, 3.05) is 78.2 Å². The van der Waals surface area contributed by atoms with Crippen LogP contribution >= 0.6 is 0 Å². The molecule has 0 aromatic rings. The molecule has 14 nitrogen and oxygen atoms in total. The molecule has 0 saturated heterocycles. The van der Waals surface area contributed by atoms with Gasteiger partial charge in [-0.25, -0.2) is 0 Å². The number of likely N-dealkylation sites (N-methyl/N-ethyl adjacent to an activating group) is 2. The first kappa shape index (κ1) is 49.2. The van der Waals surface area contributed by atoms with Crippen LogP contribution in [-0.4, -0.2) is 161 Å². The number of hydrogen-bond acceptors (Lipinski definition) is 12. The zero-order valence-electron chi connectivity index (χ0n) is 32.6. The molecule has 0 saturated carbocycles. The number of rotatable bonds is 28. The second-order valence-electron chi connectivity index (χ2n) is 16.4. The van der Waals surface area contributed by atoms with E-state index in [1.165, 1.54) is 0 Å². The zero-order chi connectivity index (χ0) is 38.5. The molecule has 2 atom stereocenters. The van der Waals surface area contributed by atoms with Gasteiger partial charge >= 0.3 is 0 Å². The highest BCUT2D eigenvalue weighted by atomic mass is 32.2. The summed E-state index contributed by atoms with van der Waals surface area (Å²) in [4.78, 5) is 3.54. The van der Waals surface area contributed by atoms with Crippen molar-refractivity contribution in [3.8, 4) is 0 Å². The predicted octanol–water partition coefficient (Wildman–Crippen LogP) is 2.88. The minimum absolute atomic E-state index is 0.206. The van der Waals surface area contributed by atoms with Crippen molar-refractivity contribution in [2.45, 2.75) is 114 Å². The minimum atomic E-state index is -4.00. The van der Waals surface area contributed by atoms with E-state index in [4.69, 9.17) is 38.9 Å². The summed E-state index contributed by atoms with van der Waals surface area (Å²) in [6.45, 7) is 25.7. The fourth-order valence-electron chi connectivity index (χ4n) is 5.38. The maximum atomic E-state index is 11.0. The molecule has 49 heavy (non-hydrogen) atoms. The van der Waals surface area contributed by atoms with E-state index in [1.807, 2.05) is 0 Å². The zero-order valence-corrected chi connectivity index (χ0v) is 37.2. The summed E-state index contributed by atoms with van der Waals surface area (Å²) in [5.74, 6) is -0.646. The van der Waals surface area contributed by atoms with Gasteiger partial charge < -0.3 is 39.6 Å². The summed E-state index contributed by atoms with van der Waals surface area (Å²) in [6, 6.07) is 1.44. The number of nitrogens with two attached hydrogens (primary N) is 2. The third-order valence-corrected chi connectivity index (χ3v) is 22.9. The monoisotopic (exact) mass is 796 g/mol. The molecule has 19 heteroatoms. The van der Waals surface area contributed by atoms with Crippen molar-refractivity contribution >= 4 is 44.9 Å². The second kappa shape index (κ2) is 20.6. The molecule has 6 N–H and O–H groups in total. The molecule has 0 aliphatic rings. The molecule has 0 aliphatic heterocycles. The summed E-state index contributed by atoms with van der Waals surface area (Å²) in [5.41, 5.74) is 12.3. The normalized spacial score (nSPS) is 15.7. The Morgan fingerprint density at radius 3 is 1.45 bits per heavy atom. The highest BCUT2D eigenvalue weighted by molar-refractivity contribution is 7.86. The van der Waals surface area contributed by atoms with Crippen molar-refractivity contribution in [1.29, 1.82) is 0 Å². The van der Waals surface area contributed by atoms with Gasteiger partial charge in [-0.05, 0) is 86.9 Å². The van der Waals surface area contributed by atoms with Crippen molar-refractivity contribution < 1.29 is 44.3 Å². The first-order valence-corrected chi connectivity index (χ1v) is 29.7. The van der Waals surface area contributed by atoms with E-state index in [1.54, 1.807) is 23.9 Å². The Bertz CT molecular complexity index is 1180. The topological polar surface area (TPSA) is 204 Å². The molecule has 0 aliphatic carbocycles. The van der Waals surface area contributed by atoms with Crippen molar-refractivity contribution in [2.24, 2.45) is 11.5 Å². The van der Waals surface area contributed by atoms with Gasteiger partial charge in [-0.15, -0.1) is 0 Å². The summed E-state index contributed by atoms with van der Waals surface area (Å²) in [7, 11) is -10.8. The number of nitrogens with zero attached hydrogens (tertiary/aromatic N) is 2. The molecular formula is C30H72N4O10S2Si3. The lowest BCUT2D eigenvalue weighted by molar-refractivity contribution is 0.0936. The Morgan fingerprint density at radius 2 is 1.06 bits per heavy atom. The molecule has 0 heterocycles. The minimum Gasteiger partial charge on any atom is -0.412 e. The quantitative estimate of drug-likeness (QED) is 0.0511. The van der Waals surface area contributed by atoms with Crippen LogP contribution < -0.4 is 11.5 Å². The third kappa shape index (κ3) is 22.1. The van der Waals surface area contributed by atoms with Crippen molar-refractivity contribution in [3.05, 3.63) is 0 Å². The van der Waals surface area contributed by atoms with Gasteiger partial charge in [-0.3, -0.25) is 9.11 Å². The standard InChI is InChI=1S/C30H72N4O10S2Si3/c1-29(2,47(7,8)21-13-17-41-25-27(31)23-33(5)15-19-45(35,36)37)44-49(11,12)30(3,4)43-48(9,10)22-14-18-42-26-28(32)24-34(6)16-20-46(38,39)40/h27-28H,13-26,31-32H2,1-12H3,(H,35,36,37)(H,38,39,40). The molecule has 0 radical (unpaired) electrons. The van der Waals surface area contributed by atoms with Crippen molar-refractivity contribution in [1.82, 2.24) is 9.80 Å². The lowest BCUT2D eigenvalue weighted by Crippen LogP contribution is -2.65. The summed E-state index contributed by atoms with van der Waals surface area (Å²) in [6.07, 6.45) is 1.75. The number of ether oxygens (including phenoxy) is 2. The Hall–Kier alpha value is 0.151. The Balaban J connectivity index is 4.77. The molecule has 0 spiro atoms. The molecule has 0 aromatic heterocycles. The van der Waals surface area contributed by atoms with Gasteiger partial charge in [0.15, 0.2) is 8.32 Å². The van der Waals surface area contributed by atoms with Gasteiger partial charge in [-0.1, -0.05) is 19.1 Å². The van der Waals surface area contributed by atoms with Gasteiger partial charge in [0.1, 0.15) is 0 Å². The van der Waals surface area contributed by atoms with Crippen LogP contribution in [0.25, 0.3) is 0 Å². The Morgan fingerprint density at radius 1 is 0.673 bits per heavy atom. The van der Waals surface area contributed by atoms with Crippen LogP contribution in [0.3, 0.4) is 0 Å². The Labute approximate surface area is 302 Å². The van der Waals surface area contributed by atoms with E-state index < -0.39 is 50.2 Å². The average molecular weight is 797 g/mol. The van der Waals surface area contributed by atoms with Crippen molar-refractivity contribution in [3.63, 3.8) is 0 Å². The van der Waals surface area contributed by atoms with E-state index >= 15 is 0 Å². The predicted molar refractivity (Wildman–Crippen MR) is 207 cm³/mol. The number of hydrogen-bond donors (Lipinski definition) is 4. The highest BCUT2D eigenvalue weighted by Gasteiger charge is 2.51. The van der Waals surface area contributed by atoms with Gasteiger partial charge in [0.2, 0.25) is 8.32 Å². The lowest BCUT2D eigenvalue weighted by atomic mass is 10.3. The van der Waals surface area contributed by atoms with E-state index in [0.29, 0.717) is 39.5 Å². The van der Waals surface area contributed by atoms with Gasteiger partial charge in [0, 0.05) is 56.7 Å². The molecule has 0 amide bonds. The smallest absolute Gasteiger partial charge is 0.266 e. The molecule has 2 unspecified atom stereocenters. The Kier molecular flexibility index (Phi) is 20.6. The first-order valence-electron chi connectivity index (χ1n) is 17.2. The summed E-state index contributed by atoms with van der Waals surface area (Å²) >= 11 is 0. The second-order valence-corrected chi connectivity index (χ2v) is 33.6. The van der Waals surface area contributed by atoms with Crippen LogP contribution in [0.2, 0.25) is 51.4 Å². The maximum absolute atomic E-state index is 11.0. The third-order valence-electron chi connectivity index (χ3n) is 9.50.